The zero-order valence-electron chi connectivity index (χ0n) is 8.22. The lowest BCUT2D eigenvalue weighted by molar-refractivity contribution is 0.215. The summed E-state index contributed by atoms with van der Waals surface area (Å²) in [4.78, 5) is 0. The van der Waals surface area contributed by atoms with Gasteiger partial charge in [0.2, 0.25) is 0 Å². The summed E-state index contributed by atoms with van der Waals surface area (Å²) < 4.78 is 27.5. The number of rotatable bonds is 2. The minimum absolute atomic E-state index is 0.109. The Kier molecular flexibility index (Phi) is 2.83. The van der Waals surface area contributed by atoms with Gasteiger partial charge < -0.3 is 0 Å². The standard InChI is InChI=1S/C9H16O3S2/c1-2-3-6-4-7-5-14(10,11)12-8(7)9(6)13/h6-9,13H,2-5H2,1H3. The van der Waals surface area contributed by atoms with E-state index in [0.29, 0.717) is 5.92 Å². The van der Waals surface area contributed by atoms with Crippen LogP contribution in [0.2, 0.25) is 0 Å². The van der Waals surface area contributed by atoms with E-state index < -0.39 is 10.1 Å². The van der Waals surface area contributed by atoms with Crippen LogP contribution in [0.25, 0.3) is 0 Å². The molecule has 0 spiro atoms. The van der Waals surface area contributed by atoms with E-state index >= 15 is 0 Å². The van der Waals surface area contributed by atoms with E-state index in [4.69, 9.17) is 4.18 Å². The molecule has 0 amide bonds. The van der Waals surface area contributed by atoms with Gasteiger partial charge in [0.25, 0.3) is 10.1 Å². The average Bonchev–Trinajstić information content (AvgIpc) is 2.50. The van der Waals surface area contributed by atoms with Crippen molar-refractivity contribution in [2.45, 2.75) is 37.5 Å². The predicted molar refractivity (Wildman–Crippen MR) is 57.9 cm³/mol. The van der Waals surface area contributed by atoms with Crippen molar-refractivity contribution >= 4 is 22.7 Å². The summed E-state index contributed by atoms with van der Waals surface area (Å²) in [5.41, 5.74) is 0. The molecule has 0 aromatic carbocycles. The molecule has 1 aliphatic carbocycles. The Labute approximate surface area is 90.8 Å². The van der Waals surface area contributed by atoms with Gasteiger partial charge in [0.05, 0.1) is 11.9 Å². The summed E-state index contributed by atoms with van der Waals surface area (Å²) in [7, 11) is -3.23. The monoisotopic (exact) mass is 236 g/mol. The van der Waals surface area contributed by atoms with Gasteiger partial charge >= 0.3 is 0 Å². The molecule has 3 nitrogen and oxygen atoms in total. The maximum Gasteiger partial charge on any atom is 0.267 e. The molecule has 82 valence electrons. The molecule has 1 saturated carbocycles. The van der Waals surface area contributed by atoms with Crippen LogP contribution >= 0.6 is 12.6 Å². The maximum atomic E-state index is 11.2. The molecule has 1 heterocycles. The molecule has 0 aromatic rings. The van der Waals surface area contributed by atoms with Gasteiger partial charge in [-0.3, -0.25) is 4.18 Å². The van der Waals surface area contributed by atoms with Crippen molar-refractivity contribution in [1.29, 1.82) is 0 Å². The Morgan fingerprint density at radius 3 is 2.79 bits per heavy atom. The molecule has 2 aliphatic rings. The molecule has 0 N–H and O–H groups in total. The fraction of sp³-hybridized carbons (Fsp3) is 1.00. The third-order valence-electron chi connectivity index (χ3n) is 3.23. The van der Waals surface area contributed by atoms with Crippen molar-refractivity contribution in [3.8, 4) is 0 Å². The van der Waals surface area contributed by atoms with Gasteiger partial charge in [0, 0.05) is 11.2 Å². The highest BCUT2D eigenvalue weighted by molar-refractivity contribution is 7.87. The van der Waals surface area contributed by atoms with Gasteiger partial charge in [0.15, 0.2) is 0 Å². The second-order valence-electron chi connectivity index (χ2n) is 4.32. The number of hydrogen-bond acceptors (Lipinski definition) is 4. The molecule has 1 saturated heterocycles. The summed E-state index contributed by atoms with van der Waals surface area (Å²) in [5, 5.41) is 0.109. The van der Waals surface area contributed by atoms with Crippen molar-refractivity contribution in [1.82, 2.24) is 0 Å². The van der Waals surface area contributed by atoms with Crippen molar-refractivity contribution in [2.75, 3.05) is 5.75 Å². The van der Waals surface area contributed by atoms with E-state index in [1.807, 2.05) is 0 Å². The summed E-state index contributed by atoms with van der Waals surface area (Å²) >= 11 is 4.48. The van der Waals surface area contributed by atoms with Crippen molar-refractivity contribution in [3.05, 3.63) is 0 Å². The second-order valence-corrected chi connectivity index (χ2v) is 6.56. The highest BCUT2D eigenvalue weighted by Gasteiger charge is 2.50. The van der Waals surface area contributed by atoms with Gasteiger partial charge in [-0.2, -0.15) is 21.0 Å². The Hall–Kier alpha value is 0.260. The zero-order valence-corrected chi connectivity index (χ0v) is 9.93. The highest BCUT2D eigenvalue weighted by Crippen LogP contribution is 2.44. The van der Waals surface area contributed by atoms with E-state index in [9.17, 15) is 8.42 Å². The Balaban J connectivity index is 2.07. The molecule has 2 fully saturated rings. The van der Waals surface area contributed by atoms with Crippen LogP contribution in [0, 0.1) is 11.8 Å². The molecule has 4 unspecified atom stereocenters. The van der Waals surface area contributed by atoms with Crippen molar-refractivity contribution in [3.63, 3.8) is 0 Å². The molecule has 0 aromatic heterocycles. The molecule has 4 atom stereocenters. The van der Waals surface area contributed by atoms with E-state index in [1.165, 1.54) is 0 Å². The predicted octanol–water partition coefficient (Wildman–Crippen LogP) is 1.45. The lowest BCUT2D eigenvalue weighted by Crippen LogP contribution is -2.23. The van der Waals surface area contributed by atoms with Crippen LogP contribution in [0.5, 0.6) is 0 Å². The van der Waals surface area contributed by atoms with Gasteiger partial charge in [-0.1, -0.05) is 13.3 Å². The molecular formula is C9H16O3S2. The zero-order chi connectivity index (χ0) is 10.3. The first-order valence-electron chi connectivity index (χ1n) is 5.12. The summed E-state index contributed by atoms with van der Waals surface area (Å²) in [6.45, 7) is 2.15. The molecule has 2 rings (SSSR count). The van der Waals surface area contributed by atoms with Crippen LogP contribution in [0.1, 0.15) is 26.2 Å². The molecule has 5 heteroatoms. The summed E-state index contributed by atoms with van der Waals surface area (Å²) in [6.07, 6.45) is 3.07. The van der Waals surface area contributed by atoms with Crippen LogP contribution in [0.4, 0.5) is 0 Å². The molecule has 1 aliphatic heterocycles. The first-order valence-corrected chi connectivity index (χ1v) is 7.22. The Morgan fingerprint density at radius 2 is 2.21 bits per heavy atom. The van der Waals surface area contributed by atoms with Crippen molar-refractivity contribution < 1.29 is 12.6 Å². The summed E-state index contributed by atoms with van der Waals surface area (Å²) in [5.74, 6) is 0.933. The Bertz CT molecular complexity index is 312. The maximum absolute atomic E-state index is 11.2. The fourth-order valence-corrected chi connectivity index (χ4v) is 4.84. The third-order valence-corrected chi connectivity index (χ3v) is 5.29. The van der Waals surface area contributed by atoms with Crippen LogP contribution in [0.3, 0.4) is 0 Å². The van der Waals surface area contributed by atoms with Crippen molar-refractivity contribution in [2.24, 2.45) is 11.8 Å². The first-order chi connectivity index (χ1) is 6.53. The van der Waals surface area contributed by atoms with Crippen LogP contribution in [0.15, 0.2) is 0 Å². The molecular weight excluding hydrogens is 220 g/mol. The number of hydrogen-bond donors (Lipinski definition) is 1. The van der Waals surface area contributed by atoms with Gasteiger partial charge in [-0.15, -0.1) is 0 Å². The SMILES string of the molecule is CCCC1CC2CS(=O)(=O)OC2C1S. The van der Waals surface area contributed by atoms with Crippen LogP contribution < -0.4 is 0 Å². The first kappa shape index (κ1) is 10.8. The summed E-state index contributed by atoms with van der Waals surface area (Å²) in [6, 6.07) is 0. The lowest BCUT2D eigenvalue weighted by Gasteiger charge is -2.16. The minimum atomic E-state index is -3.23. The number of thiol groups is 1. The topological polar surface area (TPSA) is 43.4 Å². The average molecular weight is 236 g/mol. The normalized spacial score (nSPS) is 45.3. The third kappa shape index (κ3) is 1.82. The van der Waals surface area contributed by atoms with E-state index in [0.717, 1.165) is 19.3 Å². The fourth-order valence-electron chi connectivity index (χ4n) is 2.64. The largest absolute Gasteiger partial charge is 0.267 e. The highest BCUT2D eigenvalue weighted by atomic mass is 32.2. The molecule has 14 heavy (non-hydrogen) atoms. The van der Waals surface area contributed by atoms with Crippen LogP contribution in [-0.2, 0) is 14.3 Å². The Morgan fingerprint density at radius 1 is 1.50 bits per heavy atom. The van der Waals surface area contributed by atoms with Gasteiger partial charge in [-0.05, 0) is 18.8 Å². The smallest absolute Gasteiger partial charge is 0.265 e. The van der Waals surface area contributed by atoms with Gasteiger partial charge in [0.1, 0.15) is 0 Å². The van der Waals surface area contributed by atoms with Gasteiger partial charge in [-0.25, -0.2) is 0 Å². The lowest BCUT2D eigenvalue weighted by atomic mass is 10.0. The quantitative estimate of drug-likeness (QED) is 0.583. The second kappa shape index (κ2) is 3.68. The van der Waals surface area contributed by atoms with Crippen LogP contribution in [-0.4, -0.2) is 25.5 Å². The molecule has 0 radical (unpaired) electrons. The van der Waals surface area contributed by atoms with E-state index in [2.05, 4.69) is 19.6 Å². The number of fused-ring (bicyclic) bond motifs is 1. The minimum Gasteiger partial charge on any atom is -0.265 e. The van der Waals surface area contributed by atoms with E-state index in [1.54, 1.807) is 0 Å². The van der Waals surface area contributed by atoms with E-state index in [-0.39, 0.29) is 23.0 Å². The molecule has 0 bridgehead atoms.